The quantitative estimate of drug-likeness (QED) is 0.262. The molecule has 0 spiro atoms. The summed E-state index contributed by atoms with van der Waals surface area (Å²) in [6.07, 6.45) is 3.68. The minimum absolute atomic E-state index is 0.0906. The van der Waals surface area contributed by atoms with Crippen molar-refractivity contribution < 1.29 is 9.53 Å². The lowest BCUT2D eigenvalue weighted by molar-refractivity contribution is -0.123. The number of methoxy groups -OCH3 is 1. The maximum atomic E-state index is 12.7. The number of hydrogen-bond acceptors (Lipinski definition) is 5. The van der Waals surface area contributed by atoms with Crippen LogP contribution >= 0.6 is 12.2 Å². The molecule has 1 aromatic carbocycles. The van der Waals surface area contributed by atoms with E-state index < -0.39 is 5.41 Å². The molecule has 9 heteroatoms. The Morgan fingerprint density at radius 2 is 1.83 bits per heavy atom. The summed E-state index contributed by atoms with van der Waals surface area (Å²) in [5.41, 5.74) is 6.16. The summed E-state index contributed by atoms with van der Waals surface area (Å²) in [5, 5.41) is 7.11. The first-order valence-electron chi connectivity index (χ1n) is 13.6. The van der Waals surface area contributed by atoms with Gasteiger partial charge in [0.2, 0.25) is 5.91 Å². The van der Waals surface area contributed by atoms with E-state index in [0.29, 0.717) is 16.5 Å². The molecule has 0 saturated carbocycles. The molecule has 4 heterocycles. The molecule has 212 valence electrons. The van der Waals surface area contributed by atoms with E-state index >= 15 is 0 Å². The number of carbonyl (C=O) groups is 1. The molecule has 5 rings (SSSR count). The molecule has 41 heavy (non-hydrogen) atoms. The Hall–Kier alpha value is -4.24. The summed E-state index contributed by atoms with van der Waals surface area (Å²) in [4.78, 5) is 24.2. The number of carbonyl (C=O) groups excluding carboxylic acids is 1. The third kappa shape index (κ3) is 5.41. The second kappa shape index (κ2) is 11.0. The van der Waals surface area contributed by atoms with Crippen LogP contribution in [0.1, 0.15) is 61.1 Å². The Labute approximate surface area is 246 Å². The number of benzene rings is 1. The van der Waals surface area contributed by atoms with Gasteiger partial charge in [-0.25, -0.2) is 4.98 Å². The highest BCUT2D eigenvalue weighted by Crippen LogP contribution is 2.45. The van der Waals surface area contributed by atoms with Gasteiger partial charge in [0.15, 0.2) is 5.11 Å². The number of ether oxygens (including phenoxy) is 1. The van der Waals surface area contributed by atoms with E-state index in [2.05, 4.69) is 51.1 Å². The molecule has 0 unspecified atom stereocenters. The zero-order chi connectivity index (χ0) is 29.5. The fourth-order valence-electron chi connectivity index (χ4n) is 5.22. The van der Waals surface area contributed by atoms with Gasteiger partial charge in [0.1, 0.15) is 11.6 Å². The summed E-state index contributed by atoms with van der Waals surface area (Å²) in [6, 6.07) is 17.6. The Balaban J connectivity index is 1.62. The summed E-state index contributed by atoms with van der Waals surface area (Å²) in [5.74, 6) is 1.33. The number of amides is 1. The molecular weight excluding hydrogens is 532 g/mol. The topological polar surface area (TPSA) is 84.3 Å². The van der Waals surface area contributed by atoms with Crippen LogP contribution in [0.2, 0.25) is 0 Å². The number of aromatic nitrogens is 3. The highest BCUT2D eigenvalue weighted by atomic mass is 32.1. The normalized spacial score (nSPS) is 17.0. The number of thiocarbonyl (C=S) groups is 1. The maximum Gasteiger partial charge on any atom is 0.229 e. The van der Waals surface area contributed by atoms with Gasteiger partial charge in [0.05, 0.1) is 30.6 Å². The molecule has 2 N–H and O–H groups in total. The lowest BCUT2D eigenvalue weighted by Crippen LogP contribution is -2.30. The van der Waals surface area contributed by atoms with Gasteiger partial charge in [-0.1, -0.05) is 32.9 Å². The van der Waals surface area contributed by atoms with Crippen LogP contribution in [0.15, 0.2) is 67.0 Å². The molecule has 0 aliphatic carbocycles. The van der Waals surface area contributed by atoms with E-state index in [1.807, 2.05) is 76.4 Å². The van der Waals surface area contributed by atoms with Crippen LogP contribution in [0, 0.1) is 26.2 Å². The van der Waals surface area contributed by atoms with Gasteiger partial charge in [-0.2, -0.15) is 0 Å². The third-order valence-electron chi connectivity index (χ3n) is 7.40. The van der Waals surface area contributed by atoms with Gasteiger partial charge in [-0.3, -0.25) is 9.78 Å². The van der Waals surface area contributed by atoms with Crippen molar-refractivity contribution in [2.75, 3.05) is 17.3 Å². The highest BCUT2D eigenvalue weighted by molar-refractivity contribution is 7.80. The van der Waals surface area contributed by atoms with Gasteiger partial charge in [-0.15, -0.1) is 0 Å². The molecule has 1 aliphatic heterocycles. The van der Waals surface area contributed by atoms with E-state index in [1.165, 1.54) is 0 Å². The third-order valence-corrected chi connectivity index (χ3v) is 7.72. The fourth-order valence-corrected chi connectivity index (χ4v) is 5.57. The molecule has 1 aliphatic rings. The molecule has 1 saturated heterocycles. The Bertz CT molecular complexity index is 1590. The minimum atomic E-state index is -0.542. The van der Waals surface area contributed by atoms with E-state index in [0.717, 1.165) is 39.7 Å². The van der Waals surface area contributed by atoms with Crippen LogP contribution in [0.4, 0.5) is 11.4 Å². The van der Waals surface area contributed by atoms with Crippen molar-refractivity contribution in [3.63, 3.8) is 0 Å². The van der Waals surface area contributed by atoms with Crippen molar-refractivity contribution in [2.45, 2.75) is 53.6 Å². The van der Waals surface area contributed by atoms with E-state index in [4.69, 9.17) is 21.9 Å². The summed E-state index contributed by atoms with van der Waals surface area (Å²) < 4.78 is 7.91. The van der Waals surface area contributed by atoms with Crippen molar-refractivity contribution in [2.24, 2.45) is 5.41 Å². The van der Waals surface area contributed by atoms with Crippen LogP contribution < -0.4 is 20.3 Å². The number of nitrogens with one attached hydrogen (secondary N) is 2. The standard InChI is InChI=1S/C32H36N6O2S/c1-19-11-14-27(34-18-19)37-20(2)16-23(21(37)3)29-28(25-10-8-9-15-33-25)36-31(41)38(29)22-12-13-24(26(17-22)40-7)35-30(39)32(4,5)6/h8-18,28-29H,1-7H3,(H,35,39)(H,36,41)/t28-,29-/m1/s1. The first kappa shape index (κ1) is 28.3. The summed E-state index contributed by atoms with van der Waals surface area (Å²) in [6.45, 7) is 11.9. The molecule has 8 nitrogen and oxygen atoms in total. The summed E-state index contributed by atoms with van der Waals surface area (Å²) >= 11 is 5.96. The number of pyridine rings is 2. The number of hydrogen-bond donors (Lipinski definition) is 2. The van der Waals surface area contributed by atoms with E-state index in [-0.39, 0.29) is 18.0 Å². The average Bonchev–Trinajstić information content (AvgIpc) is 3.44. The fraction of sp³-hybridized carbons (Fsp3) is 0.312. The second-order valence-electron chi connectivity index (χ2n) is 11.4. The first-order chi connectivity index (χ1) is 19.5. The van der Waals surface area contributed by atoms with Crippen molar-refractivity contribution in [3.05, 3.63) is 95.2 Å². The van der Waals surface area contributed by atoms with Crippen molar-refractivity contribution >= 4 is 34.6 Å². The highest BCUT2D eigenvalue weighted by Gasteiger charge is 2.42. The van der Waals surface area contributed by atoms with Crippen molar-refractivity contribution in [1.82, 2.24) is 19.9 Å². The molecule has 2 atom stereocenters. The number of rotatable bonds is 6. The zero-order valence-corrected chi connectivity index (χ0v) is 25.3. The zero-order valence-electron chi connectivity index (χ0n) is 24.5. The second-order valence-corrected chi connectivity index (χ2v) is 11.8. The Kier molecular flexibility index (Phi) is 7.57. The van der Waals surface area contributed by atoms with E-state index in [9.17, 15) is 4.79 Å². The molecule has 3 aromatic heterocycles. The van der Waals surface area contributed by atoms with Crippen molar-refractivity contribution in [1.29, 1.82) is 0 Å². The summed E-state index contributed by atoms with van der Waals surface area (Å²) in [7, 11) is 1.60. The molecule has 1 amide bonds. The molecule has 0 bridgehead atoms. The molecule has 4 aromatic rings. The van der Waals surface area contributed by atoms with Crippen LogP contribution in [-0.2, 0) is 4.79 Å². The van der Waals surface area contributed by atoms with Gasteiger partial charge >= 0.3 is 0 Å². The SMILES string of the molecule is COc1cc(N2C(=S)N[C@H](c3ccccn3)[C@H]2c2cc(C)n(-c3ccc(C)cn3)c2C)ccc1NC(=O)C(C)(C)C. The van der Waals surface area contributed by atoms with Crippen LogP contribution in [0.3, 0.4) is 0 Å². The van der Waals surface area contributed by atoms with Crippen LogP contribution in [0.25, 0.3) is 5.82 Å². The van der Waals surface area contributed by atoms with Crippen LogP contribution in [-0.4, -0.2) is 32.7 Å². The van der Waals surface area contributed by atoms with Gasteiger partial charge < -0.3 is 24.8 Å². The van der Waals surface area contributed by atoms with Crippen molar-refractivity contribution in [3.8, 4) is 11.6 Å². The van der Waals surface area contributed by atoms with Gasteiger partial charge in [0.25, 0.3) is 0 Å². The van der Waals surface area contributed by atoms with Gasteiger partial charge in [0, 0.05) is 41.0 Å². The largest absolute Gasteiger partial charge is 0.494 e. The number of nitrogens with zero attached hydrogens (tertiary/aromatic N) is 4. The lowest BCUT2D eigenvalue weighted by atomic mass is 9.95. The number of anilines is 2. The predicted octanol–water partition coefficient (Wildman–Crippen LogP) is 6.36. The first-order valence-corrected chi connectivity index (χ1v) is 14.0. The molecule has 1 fully saturated rings. The predicted molar refractivity (Wildman–Crippen MR) is 167 cm³/mol. The van der Waals surface area contributed by atoms with Crippen LogP contribution in [0.5, 0.6) is 5.75 Å². The smallest absolute Gasteiger partial charge is 0.229 e. The lowest BCUT2D eigenvalue weighted by Gasteiger charge is -2.29. The number of aryl methyl sites for hydroxylation is 2. The van der Waals surface area contributed by atoms with E-state index in [1.54, 1.807) is 13.3 Å². The minimum Gasteiger partial charge on any atom is -0.494 e. The Morgan fingerprint density at radius 3 is 2.46 bits per heavy atom. The molecule has 0 radical (unpaired) electrons. The molecular formula is C32H36N6O2S. The maximum absolute atomic E-state index is 12.7. The van der Waals surface area contributed by atoms with Gasteiger partial charge in [-0.05, 0) is 80.5 Å². The monoisotopic (exact) mass is 568 g/mol. The Morgan fingerprint density at radius 1 is 1.05 bits per heavy atom. The average molecular weight is 569 g/mol.